The van der Waals surface area contributed by atoms with Gasteiger partial charge in [-0.05, 0) is 26.2 Å². The van der Waals surface area contributed by atoms with Crippen molar-refractivity contribution in [3.05, 3.63) is 11.4 Å². The second kappa shape index (κ2) is 5.05. The van der Waals surface area contributed by atoms with E-state index in [9.17, 15) is 22.0 Å². The summed E-state index contributed by atoms with van der Waals surface area (Å²) in [5.41, 5.74) is -1.45. The van der Waals surface area contributed by atoms with Crippen LogP contribution in [0.4, 0.5) is 22.0 Å². The minimum atomic E-state index is -5.66. The summed E-state index contributed by atoms with van der Waals surface area (Å²) in [6.45, 7) is 6.38. The first-order valence-corrected chi connectivity index (χ1v) is 5.87. The lowest BCUT2D eigenvalue weighted by molar-refractivity contribution is -0.292. The van der Waals surface area contributed by atoms with Crippen LogP contribution in [0.25, 0.3) is 0 Å². The Morgan fingerprint density at radius 3 is 1.95 bits per heavy atom. The van der Waals surface area contributed by atoms with Crippen LogP contribution in [0.2, 0.25) is 0 Å². The number of rotatable bonds is 4. The lowest BCUT2D eigenvalue weighted by Crippen LogP contribution is -2.37. The largest absolute Gasteiger partial charge is 0.459 e. The van der Waals surface area contributed by atoms with Crippen LogP contribution in [-0.4, -0.2) is 21.2 Å². The molecule has 0 radical (unpaired) electrons. The maximum Gasteiger partial charge on any atom is 0.459 e. The molecule has 19 heavy (non-hydrogen) atoms. The highest BCUT2D eigenvalue weighted by atomic mass is 19.4. The SMILES string of the molecule is CC(C)Cc1nnn(C(C)C)c1C(F)(F)C(F)(F)F. The second-order valence-electron chi connectivity index (χ2n) is 5.09. The van der Waals surface area contributed by atoms with Gasteiger partial charge in [0.15, 0.2) is 0 Å². The van der Waals surface area contributed by atoms with E-state index in [2.05, 4.69) is 10.3 Å². The highest BCUT2D eigenvalue weighted by Gasteiger charge is 2.62. The van der Waals surface area contributed by atoms with Crippen molar-refractivity contribution in [1.29, 1.82) is 0 Å². The third-order valence-electron chi connectivity index (χ3n) is 2.51. The van der Waals surface area contributed by atoms with Crippen LogP contribution in [0.5, 0.6) is 0 Å². The molecule has 0 amide bonds. The fourth-order valence-corrected chi connectivity index (χ4v) is 1.67. The Kier molecular flexibility index (Phi) is 4.21. The van der Waals surface area contributed by atoms with Gasteiger partial charge < -0.3 is 0 Å². The van der Waals surface area contributed by atoms with E-state index in [0.717, 1.165) is 0 Å². The average molecular weight is 285 g/mol. The minimum Gasteiger partial charge on any atom is -0.240 e. The molecule has 0 unspecified atom stereocenters. The van der Waals surface area contributed by atoms with Crippen LogP contribution in [0, 0.1) is 5.92 Å². The molecule has 0 saturated carbocycles. The Hall–Kier alpha value is -1.21. The van der Waals surface area contributed by atoms with Crippen molar-refractivity contribution in [2.24, 2.45) is 5.92 Å². The molecule has 0 aliphatic heterocycles. The molecule has 0 N–H and O–H groups in total. The summed E-state index contributed by atoms with van der Waals surface area (Å²) in [7, 11) is 0. The maximum atomic E-state index is 13.6. The van der Waals surface area contributed by atoms with Crippen molar-refractivity contribution in [2.75, 3.05) is 0 Å². The lowest BCUT2D eigenvalue weighted by Gasteiger charge is -2.22. The van der Waals surface area contributed by atoms with Crippen LogP contribution in [0.1, 0.15) is 45.1 Å². The van der Waals surface area contributed by atoms with Gasteiger partial charge in [0.25, 0.3) is 0 Å². The molecule has 0 aromatic carbocycles. The Morgan fingerprint density at radius 2 is 1.58 bits per heavy atom. The van der Waals surface area contributed by atoms with Crippen molar-refractivity contribution in [2.45, 2.75) is 52.3 Å². The van der Waals surface area contributed by atoms with E-state index in [1.165, 1.54) is 13.8 Å². The van der Waals surface area contributed by atoms with Crippen LogP contribution >= 0.6 is 0 Å². The van der Waals surface area contributed by atoms with Gasteiger partial charge in [-0.2, -0.15) is 22.0 Å². The number of hydrogen-bond acceptors (Lipinski definition) is 2. The van der Waals surface area contributed by atoms with Gasteiger partial charge in [0, 0.05) is 6.04 Å². The van der Waals surface area contributed by atoms with E-state index in [0.29, 0.717) is 4.68 Å². The van der Waals surface area contributed by atoms with E-state index in [-0.39, 0.29) is 18.0 Å². The molecule has 0 aliphatic rings. The van der Waals surface area contributed by atoms with Crippen molar-refractivity contribution < 1.29 is 22.0 Å². The summed E-state index contributed by atoms with van der Waals surface area (Å²) in [5.74, 6) is -5.05. The Bertz CT molecular complexity index is 434. The Morgan fingerprint density at radius 1 is 1.05 bits per heavy atom. The normalized spacial score (nSPS) is 13.6. The first-order chi connectivity index (χ1) is 8.48. The van der Waals surface area contributed by atoms with Gasteiger partial charge >= 0.3 is 12.1 Å². The van der Waals surface area contributed by atoms with Gasteiger partial charge in [-0.25, -0.2) is 4.68 Å². The molecule has 110 valence electrons. The summed E-state index contributed by atoms with van der Waals surface area (Å²) in [4.78, 5) is 0. The number of halogens is 5. The van der Waals surface area contributed by atoms with Gasteiger partial charge in [0.05, 0.1) is 5.69 Å². The first kappa shape index (κ1) is 15.8. The highest BCUT2D eigenvalue weighted by molar-refractivity contribution is 5.19. The number of nitrogens with zero attached hydrogens (tertiary/aromatic N) is 3. The molecule has 8 heteroatoms. The van der Waals surface area contributed by atoms with Gasteiger partial charge in [0.1, 0.15) is 5.69 Å². The smallest absolute Gasteiger partial charge is 0.240 e. The van der Waals surface area contributed by atoms with Crippen LogP contribution in [0.3, 0.4) is 0 Å². The Balaban J connectivity index is 3.40. The summed E-state index contributed by atoms with van der Waals surface area (Å²) >= 11 is 0. The molecular weight excluding hydrogens is 269 g/mol. The number of hydrogen-bond donors (Lipinski definition) is 0. The van der Waals surface area contributed by atoms with Gasteiger partial charge in [-0.15, -0.1) is 5.10 Å². The van der Waals surface area contributed by atoms with Crippen molar-refractivity contribution in [3.8, 4) is 0 Å². The molecule has 0 aliphatic carbocycles. The van der Waals surface area contributed by atoms with Crippen molar-refractivity contribution >= 4 is 0 Å². The fraction of sp³-hybridized carbons (Fsp3) is 0.818. The third-order valence-corrected chi connectivity index (χ3v) is 2.51. The molecule has 0 spiro atoms. The molecule has 0 fully saturated rings. The molecule has 1 aromatic rings. The molecule has 1 rings (SSSR count). The summed E-state index contributed by atoms with van der Waals surface area (Å²) < 4.78 is 65.5. The Labute approximate surface area is 107 Å². The monoisotopic (exact) mass is 285 g/mol. The molecule has 0 bridgehead atoms. The van der Waals surface area contributed by atoms with E-state index in [4.69, 9.17) is 0 Å². The van der Waals surface area contributed by atoms with Gasteiger partial charge in [0.2, 0.25) is 0 Å². The van der Waals surface area contributed by atoms with Crippen molar-refractivity contribution in [1.82, 2.24) is 15.0 Å². The predicted molar refractivity (Wildman–Crippen MR) is 58.9 cm³/mol. The molecule has 1 heterocycles. The molecular formula is C11H16F5N3. The molecule has 1 aromatic heterocycles. The molecule has 3 nitrogen and oxygen atoms in total. The lowest BCUT2D eigenvalue weighted by atomic mass is 10.0. The van der Waals surface area contributed by atoms with Crippen molar-refractivity contribution in [3.63, 3.8) is 0 Å². The highest BCUT2D eigenvalue weighted by Crippen LogP contribution is 2.45. The third kappa shape index (κ3) is 3.03. The second-order valence-corrected chi connectivity index (χ2v) is 5.09. The van der Waals surface area contributed by atoms with Crippen LogP contribution < -0.4 is 0 Å². The minimum absolute atomic E-state index is 0.0216. The van der Waals surface area contributed by atoms with E-state index < -0.39 is 23.8 Å². The summed E-state index contributed by atoms with van der Waals surface area (Å²) in [5, 5.41) is 6.93. The molecule has 0 saturated heterocycles. The van der Waals surface area contributed by atoms with Crippen LogP contribution in [0.15, 0.2) is 0 Å². The first-order valence-electron chi connectivity index (χ1n) is 5.87. The average Bonchev–Trinajstić information content (AvgIpc) is 2.58. The number of aromatic nitrogens is 3. The zero-order valence-electron chi connectivity index (χ0n) is 11.1. The standard InChI is InChI=1S/C11H16F5N3/c1-6(2)5-8-9(10(12,13)11(14,15)16)19(7(3)4)18-17-8/h6-7H,5H2,1-4H3. The topological polar surface area (TPSA) is 30.7 Å². The van der Waals surface area contributed by atoms with E-state index in [1.54, 1.807) is 13.8 Å². The van der Waals surface area contributed by atoms with Gasteiger partial charge in [-0.1, -0.05) is 19.1 Å². The van der Waals surface area contributed by atoms with E-state index in [1.807, 2.05) is 0 Å². The predicted octanol–water partition coefficient (Wildman–Crippen LogP) is 3.71. The maximum absolute atomic E-state index is 13.6. The number of alkyl halides is 5. The van der Waals surface area contributed by atoms with E-state index >= 15 is 0 Å². The zero-order valence-corrected chi connectivity index (χ0v) is 11.1. The summed E-state index contributed by atoms with van der Waals surface area (Å²) in [6, 6.07) is -0.628. The van der Waals surface area contributed by atoms with Gasteiger partial charge in [-0.3, -0.25) is 0 Å². The zero-order chi connectivity index (χ0) is 15.0. The van der Waals surface area contributed by atoms with Crippen LogP contribution in [-0.2, 0) is 12.3 Å². The molecule has 0 atom stereocenters. The quantitative estimate of drug-likeness (QED) is 0.789. The summed E-state index contributed by atoms with van der Waals surface area (Å²) in [6.07, 6.45) is -5.64. The fourth-order valence-electron chi connectivity index (χ4n) is 1.67.